The summed E-state index contributed by atoms with van der Waals surface area (Å²) in [5, 5.41) is 5.68. The van der Waals surface area contributed by atoms with Crippen LogP contribution >= 0.6 is 0 Å². The van der Waals surface area contributed by atoms with Crippen LogP contribution in [-0.2, 0) is 4.79 Å². The van der Waals surface area contributed by atoms with Gasteiger partial charge in [0.25, 0.3) is 0 Å². The minimum Gasteiger partial charge on any atom is -0.355 e. The Bertz CT molecular complexity index is 262. The lowest BCUT2D eigenvalue weighted by Gasteiger charge is -2.23. The van der Waals surface area contributed by atoms with Gasteiger partial charge in [0.15, 0.2) is 0 Å². The normalized spacial score (nSPS) is 15.6. The number of urea groups is 1. The first kappa shape index (κ1) is 13.8. The number of hydrogen-bond acceptors (Lipinski definition) is 2. The SMILES string of the molecule is CCNC(=O)CN(CC)C(=O)NC1CCCC1. The highest BCUT2D eigenvalue weighted by Gasteiger charge is 2.21. The molecule has 1 fully saturated rings. The van der Waals surface area contributed by atoms with E-state index in [4.69, 9.17) is 0 Å². The van der Waals surface area contributed by atoms with E-state index in [2.05, 4.69) is 10.6 Å². The highest BCUT2D eigenvalue weighted by Crippen LogP contribution is 2.17. The third-order valence-corrected chi connectivity index (χ3v) is 3.06. The fourth-order valence-corrected chi connectivity index (χ4v) is 2.09. The van der Waals surface area contributed by atoms with E-state index in [1.807, 2.05) is 13.8 Å². The van der Waals surface area contributed by atoms with Crippen LogP contribution in [-0.4, -0.2) is 42.5 Å². The van der Waals surface area contributed by atoms with Gasteiger partial charge >= 0.3 is 6.03 Å². The summed E-state index contributed by atoms with van der Waals surface area (Å²) in [4.78, 5) is 24.9. The second-order valence-electron chi connectivity index (χ2n) is 4.40. The van der Waals surface area contributed by atoms with Gasteiger partial charge in [-0.15, -0.1) is 0 Å². The average molecular weight is 241 g/mol. The molecule has 0 radical (unpaired) electrons. The minimum absolute atomic E-state index is 0.101. The van der Waals surface area contributed by atoms with Crippen LogP contribution in [0.2, 0.25) is 0 Å². The zero-order valence-electron chi connectivity index (χ0n) is 10.8. The minimum atomic E-state index is -0.120. The summed E-state index contributed by atoms with van der Waals surface area (Å²) in [6, 6.07) is 0.177. The first-order valence-corrected chi connectivity index (χ1v) is 6.49. The van der Waals surface area contributed by atoms with E-state index in [-0.39, 0.29) is 18.5 Å². The standard InChI is InChI=1S/C12H23N3O2/c1-3-13-11(16)9-15(4-2)12(17)14-10-7-5-6-8-10/h10H,3-9H2,1-2H3,(H,13,16)(H,14,17). The van der Waals surface area contributed by atoms with Gasteiger partial charge in [-0.2, -0.15) is 0 Å². The molecule has 5 nitrogen and oxygen atoms in total. The van der Waals surface area contributed by atoms with Crippen molar-refractivity contribution in [1.29, 1.82) is 0 Å². The Labute approximate surface area is 103 Å². The molecule has 1 aliphatic carbocycles. The topological polar surface area (TPSA) is 61.4 Å². The molecule has 0 atom stereocenters. The fraction of sp³-hybridized carbons (Fsp3) is 0.833. The smallest absolute Gasteiger partial charge is 0.318 e. The van der Waals surface area contributed by atoms with Crippen LogP contribution in [0.15, 0.2) is 0 Å². The number of nitrogens with zero attached hydrogens (tertiary/aromatic N) is 1. The maximum Gasteiger partial charge on any atom is 0.318 e. The second kappa shape index (κ2) is 7.14. The van der Waals surface area contributed by atoms with Crippen molar-refractivity contribution in [1.82, 2.24) is 15.5 Å². The summed E-state index contributed by atoms with van der Waals surface area (Å²) in [7, 11) is 0. The Kier molecular flexibility index (Phi) is 5.80. The van der Waals surface area contributed by atoms with E-state index < -0.39 is 0 Å². The number of nitrogens with one attached hydrogen (secondary N) is 2. The van der Waals surface area contributed by atoms with Crippen molar-refractivity contribution >= 4 is 11.9 Å². The Morgan fingerprint density at radius 1 is 1.24 bits per heavy atom. The molecule has 0 spiro atoms. The molecule has 1 saturated carbocycles. The second-order valence-corrected chi connectivity index (χ2v) is 4.40. The molecule has 17 heavy (non-hydrogen) atoms. The monoisotopic (exact) mass is 241 g/mol. The molecule has 98 valence electrons. The third kappa shape index (κ3) is 4.63. The lowest BCUT2D eigenvalue weighted by atomic mass is 10.2. The molecule has 0 heterocycles. The number of rotatable bonds is 5. The Balaban J connectivity index is 2.37. The largest absolute Gasteiger partial charge is 0.355 e. The molecule has 0 bridgehead atoms. The summed E-state index contributed by atoms with van der Waals surface area (Å²) < 4.78 is 0. The Morgan fingerprint density at radius 3 is 2.41 bits per heavy atom. The van der Waals surface area contributed by atoms with E-state index in [0.29, 0.717) is 19.1 Å². The molecule has 1 aliphatic rings. The van der Waals surface area contributed by atoms with Crippen LogP contribution in [0.25, 0.3) is 0 Å². The van der Waals surface area contributed by atoms with Crippen LogP contribution in [0.3, 0.4) is 0 Å². The van der Waals surface area contributed by atoms with E-state index in [1.165, 1.54) is 12.8 Å². The summed E-state index contributed by atoms with van der Waals surface area (Å²) >= 11 is 0. The van der Waals surface area contributed by atoms with Crippen molar-refractivity contribution in [2.75, 3.05) is 19.6 Å². The predicted octanol–water partition coefficient (Wildman–Crippen LogP) is 1.10. The summed E-state index contributed by atoms with van der Waals surface area (Å²) in [6.07, 6.45) is 4.50. The Morgan fingerprint density at radius 2 is 1.88 bits per heavy atom. The van der Waals surface area contributed by atoms with Crippen molar-refractivity contribution in [3.63, 3.8) is 0 Å². The van der Waals surface area contributed by atoms with E-state index in [1.54, 1.807) is 4.90 Å². The predicted molar refractivity (Wildman–Crippen MR) is 66.7 cm³/mol. The van der Waals surface area contributed by atoms with Gasteiger partial charge in [-0.25, -0.2) is 4.79 Å². The molecule has 5 heteroatoms. The van der Waals surface area contributed by atoms with Crippen molar-refractivity contribution in [2.24, 2.45) is 0 Å². The highest BCUT2D eigenvalue weighted by molar-refractivity contribution is 5.84. The van der Waals surface area contributed by atoms with Gasteiger partial charge < -0.3 is 15.5 Å². The van der Waals surface area contributed by atoms with Crippen molar-refractivity contribution in [3.05, 3.63) is 0 Å². The van der Waals surface area contributed by atoms with Gasteiger partial charge in [0, 0.05) is 19.1 Å². The molecule has 0 aliphatic heterocycles. The Hall–Kier alpha value is -1.26. The van der Waals surface area contributed by atoms with E-state index in [9.17, 15) is 9.59 Å². The zero-order chi connectivity index (χ0) is 12.7. The highest BCUT2D eigenvalue weighted by atomic mass is 16.2. The van der Waals surface area contributed by atoms with Crippen LogP contribution < -0.4 is 10.6 Å². The molecule has 3 amide bonds. The lowest BCUT2D eigenvalue weighted by Crippen LogP contribution is -2.47. The maximum absolute atomic E-state index is 11.9. The number of carbonyl (C=O) groups excluding carboxylic acids is 2. The number of hydrogen-bond donors (Lipinski definition) is 2. The number of likely N-dealkylation sites (N-methyl/N-ethyl adjacent to an activating group) is 2. The van der Waals surface area contributed by atoms with Gasteiger partial charge in [-0.1, -0.05) is 12.8 Å². The number of carbonyl (C=O) groups is 2. The molecular weight excluding hydrogens is 218 g/mol. The first-order valence-electron chi connectivity index (χ1n) is 6.49. The van der Waals surface area contributed by atoms with Crippen LogP contribution in [0.5, 0.6) is 0 Å². The zero-order valence-corrected chi connectivity index (χ0v) is 10.8. The van der Waals surface area contributed by atoms with E-state index >= 15 is 0 Å². The molecule has 1 rings (SSSR count). The molecule has 0 aromatic carbocycles. The fourth-order valence-electron chi connectivity index (χ4n) is 2.09. The van der Waals surface area contributed by atoms with Crippen molar-refractivity contribution in [2.45, 2.75) is 45.6 Å². The van der Waals surface area contributed by atoms with Gasteiger partial charge in [-0.3, -0.25) is 4.79 Å². The van der Waals surface area contributed by atoms with Crippen LogP contribution in [0.4, 0.5) is 4.79 Å². The van der Waals surface area contributed by atoms with Gasteiger partial charge in [0.1, 0.15) is 6.54 Å². The summed E-state index contributed by atoms with van der Waals surface area (Å²) in [5.41, 5.74) is 0. The molecule has 0 aromatic rings. The number of amides is 3. The van der Waals surface area contributed by atoms with Gasteiger partial charge in [0.2, 0.25) is 5.91 Å². The molecule has 0 aromatic heterocycles. The van der Waals surface area contributed by atoms with Crippen LogP contribution in [0, 0.1) is 0 Å². The maximum atomic E-state index is 11.9. The molecular formula is C12H23N3O2. The van der Waals surface area contributed by atoms with Crippen molar-refractivity contribution < 1.29 is 9.59 Å². The summed E-state index contributed by atoms with van der Waals surface area (Å²) in [5.74, 6) is -0.101. The quantitative estimate of drug-likeness (QED) is 0.757. The van der Waals surface area contributed by atoms with E-state index in [0.717, 1.165) is 12.8 Å². The van der Waals surface area contributed by atoms with Gasteiger partial charge in [-0.05, 0) is 26.7 Å². The van der Waals surface area contributed by atoms with Crippen LogP contribution in [0.1, 0.15) is 39.5 Å². The molecule has 2 N–H and O–H groups in total. The summed E-state index contributed by atoms with van der Waals surface area (Å²) in [6.45, 7) is 5.04. The molecule has 0 saturated heterocycles. The van der Waals surface area contributed by atoms with Gasteiger partial charge in [0.05, 0.1) is 0 Å². The lowest BCUT2D eigenvalue weighted by molar-refractivity contribution is -0.121. The average Bonchev–Trinajstić information content (AvgIpc) is 2.78. The third-order valence-electron chi connectivity index (χ3n) is 3.06. The molecule has 0 unspecified atom stereocenters. The van der Waals surface area contributed by atoms with Crippen molar-refractivity contribution in [3.8, 4) is 0 Å². The first-order chi connectivity index (χ1) is 8.17.